The van der Waals surface area contributed by atoms with Gasteiger partial charge in [0.05, 0.1) is 6.04 Å². The summed E-state index contributed by atoms with van der Waals surface area (Å²) in [5, 5.41) is 1.28. The van der Waals surface area contributed by atoms with E-state index in [0.717, 1.165) is 0 Å². The molecule has 1 heteroatoms. The van der Waals surface area contributed by atoms with E-state index in [1.807, 2.05) is 0 Å². The van der Waals surface area contributed by atoms with Gasteiger partial charge < -0.3 is 4.57 Å². The predicted molar refractivity (Wildman–Crippen MR) is 96.8 cm³/mol. The topological polar surface area (TPSA) is 4.93 Å². The highest BCUT2D eigenvalue weighted by atomic mass is 15.0. The largest absolute Gasteiger partial charge is 0.336 e. The van der Waals surface area contributed by atoms with Gasteiger partial charge in [-0.3, -0.25) is 0 Å². The van der Waals surface area contributed by atoms with E-state index in [2.05, 4.69) is 103 Å². The highest BCUT2D eigenvalue weighted by Gasteiger charge is 2.17. The van der Waals surface area contributed by atoms with Crippen molar-refractivity contribution in [2.24, 2.45) is 0 Å². The molecule has 0 saturated heterocycles. The maximum Gasteiger partial charge on any atom is 0.0839 e. The molecule has 0 N–H and O–H groups in total. The number of aromatic nitrogens is 1. The van der Waals surface area contributed by atoms with Gasteiger partial charge in [-0.25, -0.2) is 0 Å². The zero-order valence-electron chi connectivity index (χ0n) is 13.2. The second-order valence-corrected chi connectivity index (χ2v) is 6.01. The average Bonchev–Trinajstić information content (AvgIpc) is 3.02. The van der Waals surface area contributed by atoms with Gasteiger partial charge in [0.2, 0.25) is 0 Å². The summed E-state index contributed by atoms with van der Waals surface area (Å²) in [6, 6.07) is 30.5. The third-order valence-electron chi connectivity index (χ3n) is 4.42. The number of para-hydroxylation sites is 1. The van der Waals surface area contributed by atoms with Crippen LogP contribution in [0, 0.1) is 6.92 Å². The lowest BCUT2D eigenvalue weighted by Gasteiger charge is -2.22. The third-order valence-corrected chi connectivity index (χ3v) is 4.42. The van der Waals surface area contributed by atoms with Crippen LogP contribution in [0.15, 0.2) is 91.1 Å². The van der Waals surface area contributed by atoms with Crippen molar-refractivity contribution >= 4 is 10.9 Å². The van der Waals surface area contributed by atoms with Gasteiger partial charge in [-0.15, -0.1) is 0 Å². The molecule has 112 valence electrons. The standard InChI is InChI=1S/C22H19N/c1-17-11-13-20(14-12-17)22(19-8-3-2-4-9-19)23-16-15-18-7-5-6-10-21(18)23/h2-16,22H,1H3. The molecule has 1 aromatic heterocycles. The molecule has 0 amide bonds. The molecule has 1 atom stereocenters. The van der Waals surface area contributed by atoms with E-state index < -0.39 is 0 Å². The Balaban J connectivity index is 1.94. The highest BCUT2D eigenvalue weighted by molar-refractivity contribution is 5.80. The molecule has 3 aromatic carbocycles. The molecule has 0 spiro atoms. The van der Waals surface area contributed by atoms with E-state index in [-0.39, 0.29) is 6.04 Å². The molecular formula is C22H19N. The van der Waals surface area contributed by atoms with Gasteiger partial charge in [0.15, 0.2) is 0 Å². The van der Waals surface area contributed by atoms with Crippen LogP contribution in [0.1, 0.15) is 22.7 Å². The van der Waals surface area contributed by atoms with Crippen LogP contribution in [-0.2, 0) is 0 Å². The lowest BCUT2D eigenvalue weighted by Crippen LogP contribution is -2.11. The predicted octanol–water partition coefficient (Wildman–Crippen LogP) is 5.59. The van der Waals surface area contributed by atoms with Crippen molar-refractivity contribution < 1.29 is 0 Å². The molecule has 0 aliphatic rings. The Labute approximate surface area is 136 Å². The Kier molecular flexibility index (Phi) is 3.47. The fourth-order valence-corrected chi connectivity index (χ4v) is 3.23. The van der Waals surface area contributed by atoms with Crippen molar-refractivity contribution in [2.45, 2.75) is 13.0 Å². The minimum atomic E-state index is 0.191. The molecule has 0 aliphatic heterocycles. The van der Waals surface area contributed by atoms with Gasteiger partial charge in [-0.2, -0.15) is 0 Å². The van der Waals surface area contributed by atoms with Crippen molar-refractivity contribution in [3.05, 3.63) is 108 Å². The SMILES string of the molecule is Cc1ccc(C(c2ccccc2)n2ccc3ccccc32)cc1. The van der Waals surface area contributed by atoms with E-state index in [1.54, 1.807) is 0 Å². The molecule has 23 heavy (non-hydrogen) atoms. The summed E-state index contributed by atoms with van der Waals surface area (Å²) in [6.07, 6.45) is 2.20. The first kappa shape index (κ1) is 13.8. The first-order valence-electron chi connectivity index (χ1n) is 8.00. The van der Waals surface area contributed by atoms with Crippen molar-refractivity contribution in [3.8, 4) is 0 Å². The van der Waals surface area contributed by atoms with Gasteiger partial charge in [-0.05, 0) is 35.6 Å². The van der Waals surface area contributed by atoms with Crippen LogP contribution in [0.5, 0.6) is 0 Å². The first-order chi connectivity index (χ1) is 11.3. The molecule has 1 nitrogen and oxygen atoms in total. The monoisotopic (exact) mass is 297 g/mol. The number of aryl methyl sites for hydroxylation is 1. The zero-order chi connectivity index (χ0) is 15.6. The molecule has 0 fully saturated rings. The highest BCUT2D eigenvalue weighted by Crippen LogP contribution is 2.30. The quantitative estimate of drug-likeness (QED) is 0.464. The smallest absolute Gasteiger partial charge is 0.0839 e. The molecule has 0 radical (unpaired) electrons. The van der Waals surface area contributed by atoms with E-state index in [9.17, 15) is 0 Å². The lowest BCUT2D eigenvalue weighted by atomic mass is 9.97. The number of fused-ring (bicyclic) bond motifs is 1. The van der Waals surface area contributed by atoms with E-state index in [0.29, 0.717) is 0 Å². The normalized spacial score (nSPS) is 12.4. The minimum Gasteiger partial charge on any atom is -0.336 e. The van der Waals surface area contributed by atoms with Gasteiger partial charge in [-0.1, -0.05) is 78.4 Å². The van der Waals surface area contributed by atoms with Crippen molar-refractivity contribution in [1.82, 2.24) is 4.57 Å². The summed E-state index contributed by atoms with van der Waals surface area (Å²) in [5.74, 6) is 0. The molecule has 0 bridgehead atoms. The average molecular weight is 297 g/mol. The molecule has 1 unspecified atom stereocenters. The summed E-state index contributed by atoms with van der Waals surface area (Å²) in [6.45, 7) is 2.13. The number of benzene rings is 3. The summed E-state index contributed by atoms with van der Waals surface area (Å²) in [5.41, 5.74) is 5.17. The Morgan fingerprint density at radius 2 is 1.30 bits per heavy atom. The summed E-state index contributed by atoms with van der Waals surface area (Å²) in [7, 11) is 0. The van der Waals surface area contributed by atoms with Crippen LogP contribution in [-0.4, -0.2) is 4.57 Å². The van der Waals surface area contributed by atoms with Gasteiger partial charge in [0.1, 0.15) is 0 Å². The zero-order valence-corrected chi connectivity index (χ0v) is 13.2. The summed E-state index contributed by atoms with van der Waals surface area (Å²) in [4.78, 5) is 0. The number of hydrogen-bond donors (Lipinski definition) is 0. The molecule has 1 heterocycles. The van der Waals surface area contributed by atoms with Crippen LogP contribution in [0.25, 0.3) is 10.9 Å². The molecular weight excluding hydrogens is 278 g/mol. The van der Waals surface area contributed by atoms with Crippen LogP contribution in [0.3, 0.4) is 0 Å². The maximum absolute atomic E-state index is 2.37. The minimum absolute atomic E-state index is 0.191. The van der Waals surface area contributed by atoms with Crippen LogP contribution in [0.2, 0.25) is 0 Å². The van der Waals surface area contributed by atoms with Crippen LogP contribution in [0.4, 0.5) is 0 Å². The second kappa shape index (κ2) is 5.77. The second-order valence-electron chi connectivity index (χ2n) is 6.01. The van der Waals surface area contributed by atoms with Crippen molar-refractivity contribution in [2.75, 3.05) is 0 Å². The molecule has 4 rings (SSSR count). The Morgan fingerprint density at radius 1 is 0.652 bits per heavy atom. The van der Waals surface area contributed by atoms with Crippen LogP contribution >= 0.6 is 0 Å². The van der Waals surface area contributed by atoms with E-state index in [1.165, 1.54) is 27.6 Å². The third kappa shape index (κ3) is 2.55. The van der Waals surface area contributed by atoms with E-state index in [4.69, 9.17) is 0 Å². The van der Waals surface area contributed by atoms with Gasteiger partial charge in [0.25, 0.3) is 0 Å². The Morgan fingerprint density at radius 3 is 2.09 bits per heavy atom. The fraction of sp³-hybridized carbons (Fsp3) is 0.0909. The number of nitrogens with zero attached hydrogens (tertiary/aromatic N) is 1. The van der Waals surface area contributed by atoms with Crippen LogP contribution < -0.4 is 0 Å². The number of hydrogen-bond acceptors (Lipinski definition) is 0. The Bertz CT molecular complexity index is 917. The van der Waals surface area contributed by atoms with Gasteiger partial charge >= 0.3 is 0 Å². The maximum atomic E-state index is 2.37. The van der Waals surface area contributed by atoms with E-state index >= 15 is 0 Å². The lowest BCUT2D eigenvalue weighted by molar-refractivity contribution is 0.704. The van der Waals surface area contributed by atoms with Gasteiger partial charge in [0, 0.05) is 11.7 Å². The van der Waals surface area contributed by atoms with Crippen molar-refractivity contribution in [3.63, 3.8) is 0 Å². The van der Waals surface area contributed by atoms with Crippen molar-refractivity contribution in [1.29, 1.82) is 0 Å². The summed E-state index contributed by atoms with van der Waals surface area (Å²) < 4.78 is 2.37. The molecule has 4 aromatic rings. The molecule has 0 aliphatic carbocycles. The Hall–Kier alpha value is -2.80. The molecule has 0 saturated carbocycles. The summed E-state index contributed by atoms with van der Waals surface area (Å²) >= 11 is 0. The fourth-order valence-electron chi connectivity index (χ4n) is 3.23. The first-order valence-corrected chi connectivity index (χ1v) is 8.00. The number of rotatable bonds is 3.